The van der Waals surface area contributed by atoms with Crippen molar-refractivity contribution in [3.8, 4) is 11.8 Å². The van der Waals surface area contributed by atoms with Crippen molar-refractivity contribution in [2.75, 3.05) is 5.32 Å². The lowest BCUT2D eigenvalue weighted by Gasteiger charge is -2.09. The molecule has 8 heteroatoms. The van der Waals surface area contributed by atoms with Crippen LogP contribution in [0.4, 0.5) is 5.82 Å². The third-order valence-electron chi connectivity index (χ3n) is 3.86. The maximum atomic E-state index is 5.76. The molecular formula is C20H20N4O3S. The summed E-state index contributed by atoms with van der Waals surface area (Å²) in [7, 11) is 0. The number of nitrogens with zero attached hydrogens (tertiary/aromatic N) is 3. The standard InChI is InChI=1S/C20H16N4OS.2H2O/c26-18-8-4-2-6-15(18)12-23-19-9-10-21-20(24-19)25-16-11-14-5-1-3-7-17(14)22-13-16;;/h1-11,13,26H,12H2,(H,21,23,24);2*1H2. The number of thiol groups is 1. The predicted octanol–water partition coefficient (Wildman–Crippen LogP) is 3.07. The van der Waals surface area contributed by atoms with Gasteiger partial charge in [0.05, 0.1) is 11.7 Å². The van der Waals surface area contributed by atoms with E-state index in [4.69, 9.17) is 4.74 Å². The Balaban J connectivity index is 0.00000140. The molecule has 144 valence electrons. The van der Waals surface area contributed by atoms with Gasteiger partial charge in [-0.1, -0.05) is 36.4 Å². The van der Waals surface area contributed by atoms with E-state index in [2.05, 4.69) is 32.9 Å². The molecule has 0 bridgehead atoms. The van der Waals surface area contributed by atoms with E-state index < -0.39 is 0 Å². The number of rotatable bonds is 5. The predicted molar refractivity (Wildman–Crippen MR) is 112 cm³/mol. The van der Waals surface area contributed by atoms with Gasteiger partial charge in [0.1, 0.15) is 11.6 Å². The van der Waals surface area contributed by atoms with Gasteiger partial charge in [-0.05, 0) is 29.8 Å². The topological polar surface area (TPSA) is 123 Å². The quantitative estimate of drug-likeness (QED) is 0.502. The van der Waals surface area contributed by atoms with Crippen LogP contribution in [-0.2, 0) is 6.54 Å². The van der Waals surface area contributed by atoms with Crippen molar-refractivity contribution >= 4 is 29.3 Å². The van der Waals surface area contributed by atoms with Gasteiger partial charge < -0.3 is 21.0 Å². The van der Waals surface area contributed by atoms with Crippen molar-refractivity contribution in [2.45, 2.75) is 11.4 Å². The number of hydrogen-bond donors (Lipinski definition) is 2. The number of para-hydroxylation sites is 1. The molecule has 0 fully saturated rings. The van der Waals surface area contributed by atoms with E-state index in [-0.39, 0.29) is 17.0 Å². The van der Waals surface area contributed by atoms with E-state index in [0.29, 0.717) is 18.1 Å². The van der Waals surface area contributed by atoms with Gasteiger partial charge >= 0.3 is 6.01 Å². The van der Waals surface area contributed by atoms with Gasteiger partial charge in [-0.15, -0.1) is 12.6 Å². The molecule has 0 aliphatic rings. The van der Waals surface area contributed by atoms with Gasteiger partial charge in [0.15, 0.2) is 0 Å². The summed E-state index contributed by atoms with van der Waals surface area (Å²) >= 11 is 4.46. The maximum absolute atomic E-state index is 5.76. The Morgan fingerprint density at radius 2 is 1.71 bits per heavy atom. The molecule has 0 spiro atoms. The lowest BCUT2D eigenvalue weighted by molar-refractivity contribution is 0.441. The highest BCUT2D eigenvalue weighted by molar-refractivity contribution is 7.80. The molecule has 0 radical (unpaired) electrons. The van der Waals surface area contributed by atoms with E-state index in [1.807, 2.05) is 54.6 Å². The Labute approximate surface area is 167 Å². The highest BCUT2D eigenvalue weighted by Crippen LogP contribution is 2.22. The summed E-state index contributed by atoms with van der Waals surface area (Å²) in [6, 6.07) is 19.8. The summed E-state index contributed by atoms with van der Waals surface area (Å²) in [4.78, 5) is 13.9. The van der Waals surface area contributed by atoms with Crippen molar-refractivity contribution in [2.24, 2.45) is 0 Å². The first kappa shape index (κ1) is 21.1. The first-order valence-corrected chi connectivity index (χ1v) is 8.59. The summed E-state index contributed by atoms with van der Waals surface area (Å²) in [5.41, 5.74) is 2.01. The zero-order valence-corrected chi connectivity index (χ0v) is 15.7. The van der Waals surface area contributed by atoms with Crippen LogP contribution in [0.2, 0.25) is 0 Å². The Hall–Kier alpha value is -3.20. The van der Waals surface area contributed by atoms with Crippen LogP contribution in [0, 0.1) is 0 Å². The van der Waals surface area contributed by atoms with Crippen LogP contribution in [0.25, 0.3) is 10.9 Å². The maximum Gasteiger partial charge on any atom is 0.323 e. The number of anilines is 1. The van der Waals surface area contributed by atoms with Crippen LogP contribution in [0.3, 0.4) is 0 Å². The molecule has 2 aromatic heterocycles. The molecule has 28 heavy (non-hydrogen) atoms. The zero-order chi connectivity index (χ0) is 17.8. The van der Waals surface area contributed by atoms with Gasteiger partial charge in [-0.2, -0.15) is 4.98 Å². The fourth-order valence-electron chi connectivity index (χ4n) is 2.55. The molecule has 2 aromatic carbocycles. The van der Waals surface area contributed by atoms with Crippen LogP contribution < -0.4 is 10.1 Å². The number of fused-ring (bicyclic) bond motifs is 1. The van der Waals surface area contributed by atoms with Crippen LogP contribution in [-0.4, -0.2) is 25.9 Å². The van der Waals surface area contributed by atoms with Gasteiger partial charge in [-0.3, -0.25) is 4.98 Å². The molecule has 0 saturated carbocycles. The Morgan fingerprint density at radius 1 is 0.929 bits per heavy atom. The smallest absolute Gasteiger partial charge is 0.323 e. The number of aromatic nitrogens is 3. The molecule has 4 aromatic rings. The van der Waals surface area contributed by atoms with E-state index in [1.54, 1.807) is 18.5 Å². The van der Waals surface area contributed by atoms with E-state index in [9.17, 15) is 0 Å². The summed E-state index contributed by atoms with van der Waals surface area (Å²) < 4.78 is 5.76. The molecule has 0 aliphatic carbocycles. The van der Waals surface area contributed by atoms with Crippen molar-refractivity contribution in [3.63, 3.8) is 0 Å². The minimum absolute atomic E-state index is 0. The second-order valence-corrected chi connectivity index (χ2v) is 6.15. The van der Waals surface area contributed by atoms with Crippen molar-refractivity contribution < 1.29 is 15.7 Å². The normalized spacial score (nSPS) is 9.89. The SMILES string of the molecule is O.O.Sc1ccccc1CNc1ccnc(Oc2cnc3ccccc3c2)n1. The van der Waals surface area contributed by atoms with E-state index in [1.165, 1.54) is 0 Å². The number of ether oxygens (including phenoxy) is 1. The number of benzene rings is 2. The minimum atomic E-state index is 0. The first-order valence-electron chi connectivity index (χ1n) is 8.14. The van der Waals surface area contributed by atoms with Crippen molar-refractivity contribution in [3.05, 3.63) is 78.6 Å². The fourth-order valence-corrected chi connectivity index (χ4v) is 2.79. The van der Waals surface area contributed by atoms with Gasteiger partial charge in [0.2, 0.25) is 0 Å². The largest absolute Gasteiger partial charge is 0.423 e. The average Bonchev–Trinajstić information content (AvgIpc) is 2.68. The van der Waals surface area contributed by atoms with Crippen LogP contribution >= 0.6 is 12.6 Å². The highest BCUT2D eigenvalue weighted by Gasteiger charge is 2.05. The average molecular weight is 396 g/mol. The molecule has 0 unspecified atom stereocenters. The Bertz CT molecular complexity index is 1060. The van der Waals surface area contributed by atoms with Crippen molar-refractivity contribution in [1.29, 1.82) is 0 Å². The lowest BCUT2D eigenvalue weighted by atomic mass is 10.2. The second kappa shape index (κ2) is 9.65. The third kappa shape index (κ3) is 4.95. The molecule has 5 N–H and O–H groups in total. The summed E-state index contributed by atoms with van der Waals surface area (Å²) in [6.45, 7) is 0.619. The molecule has 0 saturated heterocycles. The monoisotopic (exact) mass is 396 g/mol. The Morgan fingerprint density at radius 3 is 2.57 bits per heavy atom. The van der Waals surface area contributed by atoms with Gasteiger partial charge in [0, 0.05) is 23.0 Å². The number of hydrogen-bond acceptors (Lipinski definition) is 6. The number of nitrogens with one attached hydrogen (secondary N) is 1. The highest BCUT2D eigenvalue weighted by atomic mass is 32.1. The fraction of sp³-hybridized carbons (Fsp3) is 0.0500. The van der Waals surface area contributed by atoms with E-state index >= 15 is 0 Å². The summed E-state index contributed by atoms with van der Waals surface area (Å²) in [6.07, 6.45) is 3.33. The van der Waals surface area contributed by atoms with Crippen LogP contribution in [0.15, 0.2) is 78.0 Å². The molecule has 0 aliphatic heterocycles. The van der Waals surface area contributed by atoms with Gasteiger partial charge in [-0.25, -0.2) is 4.98 Å². The number of pyridine rings is 1. The molecule has 0 amide bonds. The molecule has 4 rings (SSSR count). The lowest BCUT2D eigenvalue weighted by Crippen LogP contribution is -2.03. The second-order valence-electron chi connectivity index (χ2n) is 5.67. The van der Waals surface area contributed by atoms with Gasteiger partial charge in [0.25, 0.3) is 0 Å². The molecule has 2 heterocycles. The minimum Gasteiger partial charge on any atom is -0.423 e. The van der Waals surface area contributed by atoms with Crippen LogP contribution in [0.1, 0.15) is 5.56 Å². The summed E-state index contributed by atoms with van der Waals surface area (Å²) in [5, 5.41) is 4.27. The third-order valence-corrected chi connectivity index (χ3v) is 4.30. The van der Waals surface area contributed by atoms with Crippen molar-refractivity contribution in [1.82, 2.24) is 15.0 Å². The zero-order valence-electron chi connectivity index (χ0n) is 14.8. The molecule has 7 nitrogen and oxygen atoms in total. The first-order chi connectivity index (χ1) is 12.8. The Kier molecular flexibility index (Phi) is 7.28. The molecular weight excluding hydrogens is 376 g/mol. The van der Waals surface area contributed by atoms with Crippen LogP contribution in [0.5, 0.6) is 11.8 Å². The molecule has 0 atom stereocenters. The summed E-state index contributed by atoms with van der Waals surface area (Å²) in [5.74, 6) is 1.28. The van der Waals surface area contributed by atoms with E-state index in [0.717, 1.165) is 21.4 Å².